The molecular weight excluding hydrogens is 258 g/mol. The first-order valence-electron chi connectivity index (χ1n) is 6.30. The van der Waals surface area contributed by atoms with Gasteiger partial charge in [0.1, 0.15) is 12.4 Å². The topological polar surface area (TPSA) is 59.8 Å². The van der Waals surface area contributed by atoms with Gasteiger partial charge in [-0.15, -0.1) is 0 Å². The van der Waals surface area contributed by atoms with Crippen LogP contribution >= 0.6 is 0 Å². The molecule has 1 aliphatic heterocycles. The van der Waals surface area contributed by atoms with Gasteiger partial charge in [0.25, 0.3) is 5.91 Å². The van der Waals surface area contributed by atoms with E-state index < -0.39 is 0 Å². The third-order valence-electron chi connectivity index (χ3n) is 3.21. The van der Waals surface area contributed by atoms with Crippen LogP contribution in [0.2, 0.25) is 0 Å². The quantitative estimate of drug-likeness (QED) is 0.787. The van der Waals surface area contributed by atoms with Crippen LogP contribution in [0.1, 0.15) is 27.8 Å². The van der Waals surface area contributed by atoms with Crippen LogP contribution in [0.4, 0.5) is 5.69 Å². The highest BCUT2D eigenvalue weighted by molar-refractivity contribution is 6.06. The minimum Gasteiger partial charge on any atom is -0.490 e. The lowest BCUT2D eigenvalue weighted by atomic mass is 10.1. The lowest BCUT2D eigenvalue weighted by Gasteiger charge is -2.29. The second-order valence-corrected chi connectivity index (χ2v) is 4.52. The molecule has 102 valence electrons. The number of carbonyl (C=O) groups excluding carboxylic acids is 2. The van der Waals surface area contributed by atoms with Gasteiger partial charge in [0.15, 0.2) is 11.5 Å². The molecule has 3 rings (SSSR count). The number of benzene rings is 1. The summed E-state index contributed by atoms with van der Waals surface area (Å²) in [4.78, 5) is 25.4. The summed E-state index contributed by atoms with van der Waals surface area (Å²) in [5, 5.41) is 0. The summed E-state index contributed by atoms with van der Waals surface area (Å²) < 4.78 is 10.7. The summed E-state index contributed by atoms with van der Waals surface area (Å²) in [5.74, 6) is 0.580. The average Bonchev–Trinajstić information content (AvgIpc) is 2.99. The number of Topliss-reactive ketones (excluding diaryl/α,β-unsaturated/α-hetero) is 1. The molecule has 1 aromatic carbocycles. The summed E-state index contributed by atoms with van der Waals surface area (Å²) >= 11 is 0. The molecule has 0 atom stereocenters. The number of carbonyl (C=O) groups is 2. The molecule has 0 bridgehead atoms. The Balaban J connectivity index is 2.02. The number of nitrogens with zero attached hydrogens (tertiary/aromatic N) is 1. The smallest absolute Gasteiger partial charge is 0.294 e. The van der Waals surface area contributed by atoms with Crippen molar-refractivity contribution in [2.45, 2.75) is 6.92 Å². The third-order valence-corrected chi connectivity index (χ3v) is 3.21. The summed E-state index contributed by atoms with van der Waals surface area (Å²) in [5.41, 5.74) is 1.15. The first-order chi connectivity index (χ1) is 9.66. The van der Waals surface area contributed by atoms with Gasteiger partial charge in [-0.25, -0.2) is 0 Å². The molecule has 0 spiro atoms. The molecule has 0 radical (unpaired) electrons. The van der Waals surface area contributed by atoms with Gasteiger partial charge >= 0.3 is 0 Å². The van der Waals surface area contributed by atoms with E-state index in [4.69, 9.17) is 9.15 Å². The van der Waals surface area contributed by atoms with Crippen molar-refractivity contribution in [3.8, 4) is 5.75 Å². The van der Waals surface area contributed by atoms with Crippen molar-refractivity contribution >= 4 is 17.4 Å². The van der Waals surface area contributed by atoms with Crippen molar-refractivity contribution in [1.29, 1.82) is 0 Å². The van der Waals surface area contributed by atoms with E-state index >= 15 is 0 Å². The van der Waals surface area contributed by atoms with Crippen LogP contribution in [0.25, 0.3) is 0 Å². The number of furan rings is 1. The molecule has 2 aromatic rings. The molecule has 0 fully saturated rings. The zero-order valence-corrected chi connectivity index (χ0v) is 11.0. The number of hydrogen-bond acceptors (Lipinski definition) is 4. The van der Waals surface area contributed by atoms with E-state index in [1.165, 1.54) is 13.2 Å². The molecule has 0 N–H and O–H groups in total. The molecule has 5 heteroatoms. The van der Waals surface area contributed by atoms with Crippen LogP contribution in [0, 0.1) is 0 Å². The van der Waals surface area contributed by atoms with Crippen molar-refractivity contribution in [1.82, 2.24) is 0 Å². The SMILES string of the molecule is CC(=O)c1ccc2c(c1)N(C(=O)c1ccco1)CCO2. The third kappa shape index (κ3) is 2.07. The standard InChI is InChI=1S/C15H13NO4/c1-10(17)11-4-5-13-12(9-11)16(6-8-20-13)15(18)14-3-2-7-19-14/h2-5,7,9H,6,8H2,1H3. The summed E-state index contributed by atoms with van der Waals surface area (Å²) in [6.07, 6.45) is 1.46. The van der Waals surface area contributed by atoms with E-state index in [-0.39, 0.29) is 17.5 Å². The monoisotopic (exact) mass is 271 g/mol. The van der Waals surface area contributed by atoms with Crippen molar-refractivity contribution in [2.75, 3.05) is 18.1 Å². The summed E-state index contributed by atoms with van der Waals surface area (Å²) in [7, 11) is 0. The van der Waals surface area contributed by atoms with Gasteiger partial charge in [-0.3, -0.25) is 14.5 Å². The molecule has 0 unspecified atom stereocenters. The van der Waals surface area contributed by atoms with E-state index in [1.54, 1.807) is 35.2 Å². The number of ketones is 1. The number of anilines is 1. The number of ether oxygens (including phenoxy) is 1. The minimum atomic E-state index is -0.236. The van der Waals surface area contributed by atoms with Crippen LogP contribution in [-0.2, 0) is 0 Å². The molecule has 5 nitrogen and oxygen atoms in total. The second kappa shape index (κ2) is 4.85. The Hall–Kier alpha value is -2.56. The molecule has 0 aliphatic carbocycles. The molecule has 1 aliphatic rings. The van der Waals surface area contributed by atoms with Crippen LogP contribution < -0.4 is 9.64 Å². The van der Waals surface area contributed by atoms with Crippen LogP contribution in [0.15, 0.2) is 41.0 Å². The second-order valence-electron chi connectivity index (χ2n) is 4.52. The van der Waals surface area contributed by atoms with E-state index in [9.17, 15) is 9.59 Å². The zero-order chi connectivity index (χ0) is 14.1. The maximum absolute atomic E-state index is 12.4. The minimum absolute atomic E-state index is 0.0521. The fourth-order valence-corrected chi connectivity index (χ4v) is 2.18. The van der Waals surface area contributed by atoms with E-state index in [0.29, 0.717) is 30.2 Å². The number of amides is 1. The highest BCUT2D eigenvalue weighted by Crippen LogP contribution is 2.33. The van der Waals surface area contributed by atoms with Crippen LogP contribution in [0.3, 0.4) is 0 Å². The first kappa shape index (κ1) is 12.5. The Kier molecular flexibility index (Phi) is 3.02. The Morgan fingerprint density at radius 3 is 2.80 bits per heavy atom. The van der Waals surface area contributed by atoms with Crippen LogP contribution in [0.5, 0.6) is 5.75 Å². The number of hydrogen-bond donors (Lipinski definition) is 0. The highest BCUT2D eigenvalue weighted by atomic mass is 16.5. The predicted octanol–water partition coefficient (Wildman–Crippen LogP) is 2.52. The Bertz CT molecular complexity index is 661. The van der Waals surface area contributed by atoms with E-state index in [1.807, 2.05) is 0 Å². The van der Waals surface area contributed by atoms with Gasteiger partial charge in [-0.05, 0) is 37.3 Å². The molecule has 1 amide bonds. The van der Waals surface area contributed by atoms with Gasteiger partial charge in [-0.2, -0.15) is 0 Å². The van der Waals surface area contributed by atoms with Crippen molar-refractivity contribution < 1.29 is 18.7 Å². The van der Waals surface area contributed by atoms with E-state index in [2.05, 4.69) is 0 Å². The Morgan fingerprint density at radius 2 is 2.10 bits per heavy atom. The van der Waals surface area contributed by atoms with Crippen molar-refractivity contribution in [3.63, 3.8) is 0 Å². The molecule has 0 saturated carbocycles. The predicted molar refractivity (Wildman–Crippen MR) is 72.3 cm³/mol. The van der Waals surface area contributed by atoms with Gasteiger partial charge in [0, 0.05) is 5.56 Å². The maximum Gasteiger partial charge on any atom is 0.294 e. The summed E-state index contributed by atoms with van der Waals surface area (Å²) in [6.45, 7) is 2.33. The van der Waals surface area contributed by atoms with Crippen molar-refractivity contribution in [2.24, 2.45) is 0 Å². The van der Waals surface area contributed by atoms with Gasteiger partial charge in [-0.1, -0.05) is 0 Å². The van der Waals surface area contributed by atoms with Gasteiger partial charge < -0.3 is 9.15 Å². The molecule has 0 saturated heterocycles. The lowest BCUT2D eigenvalue weighted by Crippen LogP contribution is -2.37. The fourth-order valence-electron chi connectivity index (χ4n) is 2.18. The fraction of sp³-hybridized carbons (Fsp3) is 0.200. The van der Waals surface area contributed by atoms with Gasteiger partial charge in [0.05, 0.1) is 18.5 Å². The Labute approximate surface area is 115 Å². The maximum atomic E-state index is 12.4. The highest BCUT2D eigenvalue weighted by Gasteiger charge is 2.26. The normalized spacial score (nSPS) is 13.6. The van der Waals surface area contributed by atoms with E-state index in [0.717, 1.165) is 0 Å². The molecular formula is C15H13NO4. The summed E-state index contributed by atoms with van der Waals surface area (Å²) in [6, 6.07) is 8.38. The van der Waals surface area contributed by atoms with Crippen molar-refractivity contribution in [3.05, 3.63) is 47.9 Å². The lowest BCUT2D eigenvalue weighted by molar-refractivity contribution is 0.0948. The average molecular weight is 271 g/mol. The number of fused-ring (bicyclic) bond motifs is 1. The zero-order valence-electron chi connectivity index (χ0n) is 11.0. The molecule has 20 heavy (non-hydrogen) atoms. The molecule has 2 heterocycles. The molecule has 1 aromatic heterocycles. The van der Waals surface area contributed by atoms with Crippen LogP contribution in [-0.4, -0.2) is 24.8 Å². The first-order valence-corrected chi connectivity index (χ1v) is 6.30. The van der Waals surface area contributed by atoms with Gasteiger partial charge in [0.2, 0.25) is 0 Å². The largest absolute Gasteiger partial charge is 0.490 e. The number of rotatable bonds is 2. The Morgan fingerprint density at radius 1 is 1.25 bits per heavy atom.